The highest BCUT2D eigenvalue weighted by Gasteiger charge is 2.16. The summed E-state index contributed by atoms with van der Waals surface area (Å²) in [7, 11) is 0. The van der Waals surface area contributed by atoms with Crippen molar-refractivity contribution in [3.8, 4) is 5.75 Å². The molecule has 4 heteroatoms. The van der Waals surface area contributed by atoms with E-state index in [0.717, 1.165) is 24.0 Å². The number of carboxylic acid groups (broad SMARTS) is 1. The second-order valence-electron chi connectivity index (χ2n) is 5.03. The van der Waals surface area contributed by atoms with Gasteiger partial charge in [-0.2, -0.15) is 0 Å². The molecule has 4 nitrogen and oxygen atoms in total. The summed E-state index contributed by atoms with van der Waals surface area (Å²) < 4.78 is 5.49. The smallest absolute Gasteiger partial charge is 0.344 e. The third-order valence-electron chi connectivity index (χ3n) is 3.18. The maximum Gasteiger partial charge on any atom is 0.344 e. The standard InChI is InChI=1S/C15H23NO3/c1-5-13(16)8-12-6-9(2)14(10(3)7-12)19-11(4)15(17)18/h6-7,11,13H,5,8,16H2,1-4H3,(H,17,18). The molecule has 0 fully saturated rings. The Kier molecular flexibility index (Phi) is 5.36. The second kappa shape index (κ2) is 6.57. The summed E-state index contributed by atoms with van der Waals surface area (Å²) in [4.78, 5) is 10.8. The van der Waals surface area contributed by atoms with Crippen LogP contribution < -0.4 is 10.5 Å². The van der Waals surface area contributed by atoms with Gasteiger partial charge in [-0.1, -0.05) is 19.1 Å². The lowest BCUT2D eigenvalue weighted by Gasteiger charge is -2.17. The van der Waals surface area contributed by atoms with Crippen molar-refractivity contribution in [3.63, 3.8) is 0 Å². The van der Waals surface area contributed by atoms with Gasteiger partial charge in [0.2, 0.25) is 0 Å². The first kappa shape index (κ1) is 15.5. The zero-order chi connectivity index (χ0) is 14.6. The summed E-state index contributed by atoms with van der Waals surface area (Å²) in [6.07, 6.45) is 0.917. The van der Waals surface area contributed by atoms with E-state index in [1.165, 1.54) is 12.5 Å². The van der Waals surface area contributed by atoms with Crippen LogP contribution in [0.25, 0.3) is 0 Å². The van der Waals surface area contributed by atoms with Crippen LogP contribution in [-0.2, 0) is 11.2 Å². The Morgan fingerprint density at radius 3 is 2.32 bits per heavy atom. The normalized spacial score (nSPS) is 13.9. The van der Waals surface area contributed by atoms with Crippen LogP contribution in [0, 0.1) is 13.8 Å². The van der Waals surface area contributed by atoms with Crippen molar-refractivity contribution < 1.29 is 14.6 Å². The Labute approximate surface area is 114 Å². The van der Waals surface area contributed by atoms with Crippen LogP contribution in [0.3, 0.4) is 0 Å². The van der Waals surface area contributed by atoms with E-state index in [0.29, 0.717) is 5.75 Å². The molecule has 0 aliphatic rings. The minimum atomic E-state index is -0.962. The summed E-state index contributed by atoms with van der Waals surface area (Å²) in [5.74, 6) is -0.306. The minimum Gasteiger partial charge on any atom is -0.479 e. The fraction of sp³-hybridized carbons (Fsp3) is 0.533. The van der Waals surface area contributed by atoms with Crippen LogP contribution in [0.1, 0.15) is 37.0 Å². The minimum absolute atomic E-state index is 0.156. The Balaban J connectivity index is 2.94. The van der Waals surface area contributed by atoms with Gasteiger partial charge >= 0.3 is 5.97 Å². The molecule has 1 aromatic carbocycles. The number of carbonyl (C=O) groups is 1. The lowest BCUT2D eigenvalue weighted by Crippen LogP contribution is -2.24. The van der Waals surface area contributed by atoms with Gasteiger partial charge in [0.25, 0.3) is 0 Å². The van der Waals surface area contributed by atoms with E-state index in [1.807, 2.05) is 26.0 Å². The first-order valence-electron chi connectivity index (χ1n) is 6.60. The van der Waals surface area contributed by atoms with Gasteiger partial charge in [0.05, 0.1) is 0 Å². The van der Waals surface area contributed by atoms with Crippen LogP contribution >= 0.6 is 0 Å². The number of benzene rings is 1. The van der Waals surface area contributed by atoms with Crippen molar-refractivity contribution in [3.05, 3.63) is 28.8 Å². The largest absolute Gasteiger partial charge is 0.479 e. The van der Waals surface area contributed by atoms with Crippen LogP contribution in [0.15, 0.2) is 12.1 Å². The molecule has 0 amide bonds. The number of hydrogen-bond acceptors (Lipinski definition) is 3. The number of rotatable bonds is 6. The predicted molar refractivity (Wildman–Crippen MR) is 75.6 cm³/mol. The van der Waals surface area contributed by atoms with Crippen LogP contribution in [0.2, 0.25) is 0 Å². The number of hydrogen-bond donors (Lipinski definition) is 2. The average molecular weight is 265 g/mol. The topological polar surface area (TPSA) is 72.5 Å². The first-order chi connectivity index (χ1) is 8.85. The zero-order valence-electron chi connectivity index (χ0n) is 12.1. The molecule has 106 valence electrons. The molecule has 0 saturated carbocycles. The number of aryl methyl sites for hydroxylation is 2. The van der Waals surface area contributed by atoms with E-state index in [9.17, 15) is 4.79 Å². The van der Waals surface area contributed by atoms with E-state index in [1.54, 1.807) is 0 Å². The molecule has 2 atom stereocenters. The molecule has 1 aromatic rings. The van der Waals surface area contributed by atoms with E-state index in [4.69, 9.17) is 15.6 Å². The highest BCUT2D eigenvalue weighted by atomic mass is 16.5. The third kappa shape index (κ3) is 4.24. The highest BCUT2D eigenvalue weighted by molar-refractivity contribution is 5.72. The molecule has 19 heavy (non-hydrogen) atoms. The van der Waals surface area contributed by atoms with Crippen LogP contribution in [0.5, 0.6) is 5.75 Å². The van der Waals surface area contributed by atoms with Crippen molar-refractivity contribution in [2.24, 2.45) is 5.73 Å². The molecule has 2 unspecified atom stereocenters. The van der Waals surface area contributed by atoms with Gasteiger partial charge in [-0.25, -0.2) is 4.79 Å². The Morgan fingerprint density at radius 2 is 1.89 bits per heavy atom. The number of ether oxygens (including phenoxy) is 1. The molecule has 0 radical (unpaired) electrons. The van der Waals surface area contributed by atoms with E-state index >= 15 is 0 Å². The van der Waals surface area contributed by atoms with Gasteiger partial charge in [0.1, 0.15) is 5.75 Å². The Hall–Kier alpha value is -1.55. The number of nitrogens with two attached hydrogens (primary N) is 1. The Bertz CT molecular complexity index is 434. The fourth-order valence-corrected chi connectivity index (χ4v) is 2.02. The lowest BCUT2D eigenvalue weighted by molar-refractivity contribution is -0.144. The lowest BCUT2D eigenvalue weighted by atomic mass is 9.99. The van der Waals surface area contributed by atoms with Crippen molar-refractivity contribution in [2.75, 3.05) is 0 Å². The molecular formula is C15H23NO3. The van der Waals surface area contributed by atoms with Crippen molar-refractivity contribution in [2.45, 2.75) is 52.7 Å². The van der Waals surface area contributed by atoms with E-state index in [-0.39, 0.29) is 6.04 Å². The monoisotopic (exact) mass is 265 g/mol. The van der Waals surface area contributed by atoms with Crippen molar-refractivity contribution >= 4 is 5.97 Å². The van der Waals surface area contributed by atoms with Gasteiger partial charge in [0, 0.05) is 6.04 Å². The molecule has 0 aliphatic carbocycles. The van der Waals surface area contributed by atoms with Crippen LogP contribution in [-0.4, -0.2) is 23.2 Å². The van der Waals surface area contributed by atoms with Crippen molar-refractivity contribution in [1.82, 2.24) is 0 Å². The molecule has 0 spiro atoms. The molecule has 0 saturated heterocycles. The summed E-state index contributed by atoms with van der Waals surface area (Å²) in [5.41, 5.74) is 9.02. The quantitative estimate of drug-likeness (QED) is 0.828. The van der Waals surface area contributed by atoms with Gasteiger partial charge in [-0.3, -0.25) is 0 Å². The summed E-state index contributed by atoms with van der Waals surface area (Å²) in [5, 5.41) is 8.89. The predicted octanol–water partition coefficient (Wildman–Crippen LogP) is 2.44. The van der Waals surface area contributed by atoms with Gasteiger partial charge in [-0.15, -0.1) is 0 Å². The molecule has 0 aromatic heterocycles. The van der Waals surface area contributed by atoms with Gasteiger partial charge in [0.15, 0.2) is 6.10 Å². The summed E-state index contributed by atoms with van der Waals surface area (Å²) in [6, 6.07) is 4.20. The summed E-state index contributed by atoms with van der Waals surface area (Å²) in [6.45, 7) is 7.45. The summed E-state index contributed by atoms with van der Waals surface area (Å²) >= 11 is 0. The molecule has 1 rings (SSSR count). The average Bonchev–Trinajstić information content (AvgIpc) is 2.33. The zero-order valence-corrected chi connectivity index (χ0v) is 12.1. The number of aliphatic carboxylic acids is 1. The van der Waals surface area contributed by atoms with Gasteiger partial charge in [-0.05, 0) is 50.3 Å². The SMILES string of the molecule is CCC(N)Cc1cc(C)c(OC(C)C(=O)O)c(C)c1. The van der Waals surface area contributed by atoms with E-state index in [2.05, 4.69) is 6.92 Å². The molecule has 0 bridgehead atoms. The second-order valence-corrected chi connectivity index (χ2v) is 5.03. The van der Waals surface area contributed by atoms with Gasteiger partial charge < -0.3 is 15.6 Å². The molecule has 0 heterocycles. The first-order valence-corrected chi connectivity index (χ1v) is 6.60. The number of carboxylic acids is 1. The van der Waals surface area contributed by atoms with Crippen LogP contribution in [0.4, 0.5) is 0 Å². The van der Waals surface area contributed by atoms with E-state index < -0.39 is 12.1 Å². The molecule has 0 aliphatic heterocycles. The maximum absolute atomic E-state index is 10.8. The molecular weight excluding hydrogens is 242 g/mol. The fourth-order valence-electron chi connectivity index (χ4n) is 2.02. The third-order valence-corrected chi connectivity index (χ3v) is 3.18. The van der Waals surface area contributed by atoms with Crippen molar-refractivity contribution in [1.29, 1.82) is 0 Å². The maximum atomic E-state index is 10.8. The molecule has 3 N–H and O–H groups in total. The highest BCUT2D eigenvalue weighted by Crippen LogP contribution is 2.26. The Morgan fingerprint density at radius 1 is 1.37 bits per heavy atom.